The van der Waals surface area contributed by atoms with Crippen LogP contribution in [0.25, 0.3) is 0 Å². The molecule has 3 amide bonds. The van der Waals surface area contributed by atoms with E-state index in [1.807, 2.05) is 13.8 Å². The number of esters is 1. The summed E-state index contributed by atoms with van der Waals surface area (Å²) in [7, 11) is 0. The second kappa shape index (κ2) is 9.60. The van der Waals surface area contributed by atoms with Crippen LogP contribution in [0, 0.1) is 23.0 Å². The van der Waals surface area contributed by atoms with Gasteiger partial charge in [-0.3, -0.25) is 29.4 Å². The third kappa shape index (κ3) is 4.89. The first-order chi connectivity index (χ1) is 15.6. The lowest BCUT2D eigenvalue weighted by molar-refractivity contribution is -0.384. The maximum absolute atomic E-state index is 12.9. The van der Waals surface area contributed by atoms with Crippen molar-refractivity contribution in [3.05, 3.63) is 69.3 Å². The van der Waals surface area contributed by atoms with E-state index in [2.05, 4.69) is 5.32 Å². The Bertz CT molecular complexity index is 1110. The number of para-hydroxylation sites is 1. The molecule has 1 atom stereocenters. The molecule has 0 spiro atoms. The SMILES string of the molecule is Cc1cccc([N+](=O)[O-])c1NC(=O)COC(=O)C(CC(C)C)N1C(=O)c2ccccc2C1=O. The van der Waals surface area contributed by atoms with Crippen LogP contribution in [0.4, 0.5) is 11.4 Å². The largest absolute Gasteiger partial charge is 0.454 e. The van der Waals surface area contributed by atoms with E-state index in [-0.39, 0.29) is 34.8 Å². The van der Waals surface area contributed by atoms with Crippen molar-refractivity contribution in [2.75, 3.05) is 11.9 Å². The van der Waals surface area contributed by atoms with E-state index in [4.69, 9.17) is 4.74 Å². The molecule has 0 aliphatic carbocycles. The highest BCUT2D eigenvalue weighted by Crippen LogP contribution is 2.29. The zero-order valence-corrected chi connectivity index (χ0v) is 18.4. The molecule has 0 aromatic heterocycles. The number of nitro benzene ring substituents is 1. The number of amides is 3. The normalized spacial score (nSPS) is 13.6. The number of carbonyl (C=O) groups is 4. The fraction of sp³-hybridized carbons (Fsp3) is 0.304. The number of ether oxygens (including phenoxy) is 1. The molecular weight excluding hydrogens is 430 g/mol. The molecule has 1 aliphatic heterocycles. The van der Waals surface area contributed by atoms with E-state index in [0.29, 0.717) is 5.56 Å². The number of nitrogens with zero attached hydrogens (tertiary/aromatic N) is 2. The Morgan fingerprint density at radius 2 is 1.67 bits per heavy atom. The number of hydrogen-bond acceptors (Lipinski definition) is 7. The predicted molar refractivity (Wildman–Crippen MR) is 118 cm³/mol. The van der Waals surface area contributed by atoms with Gasteiger partial charge in [0.05, 0.1) is 16.1 Å². The minimum atomic E-state index is -1.21. The van der Waals surface area contributed by atoms with Crippen molar-refractivity contribution in [2.45, 2.75) is 33.2 Å². The zero-order chi connectivity index (χ0) is 24.3. The minimum Gasteiger partial charge on any atom is -0.454 e. The van der Waals surface area contributed by atoms with Crippen molar-refractivity contribution in [1.29, 1.82) is 0 Å². The summed E-state index contributed by atoms with van der Waals surface area (Å²) in [5, 5.41) is 13.6. The summed E-state index contributed by atoms with van der Waals surface area (Å²) in [6.07, 6.45) is 0.148. The summed E-state index contributed by atoms with van der Waals surface area (Å²) in [6.45, 7) is 4.50. The Morgan fingerprint density at radius 3 is 2.21 bits per heavy atom. The Kier molecular flexibility index (Phi) is 6.86. The van der Waals surface area contributed by atoms with Gasteiger partial charge in [-0.2, -0.15) is 0 Å². The fourth-order valence-electron chi connectivity index (χ4n) is 3.62. The molecule has 0 saturated heterocycles. The van der Waals surface area contributed by atoms with Crippen molar-refractivity contribution >= 4 is 35.1 Å². The van der Waals surface area contributed by atoms with Crippen LogP contribution < -0.4 is 5.32 Å². The summed E-state index contributed by atoms with van der Waals surface area (Å²) in [4.78, 5) is 62.3. The van der Waals surface area contributed by atoms with Crippen LogP contribution in [0.5, 0.6) is 0 Å². The second-order valence-electron chi connectivity index (χ2n) is 8.05. The first-order valence-corrected chi connectivity index (χ1v) is 10.3. The zero-order valence-electron chi connectivity index (χ0n) is 18.4. The minimum absolute atomic E-state index is 0.00243. The lowest BCUT2D eigenvalue weighted by Crippen LogP contribution is -2.46. The number of nitro groups is 1. The van der Waals surface area contributed by atoms with Crippen LogP contribution in [-0.2, 0) is 14.3 Å². The molecule has 1 N–H and O–H groups in total. The highest BCUT2D eigenvalue weighted by molar-refractivity contribution is 6.22. The maximum Gasteiger partial charge on any atom is 0.329 e. The molecule has 10 nitrogen and oxygen atoms in total. The smallest absolute Gasteiger partial charge is 0.329 e. The molecule has 1 unspecified atom stereocenters. The van der Waals surface area contributed by atoms with E-state index in [1.165, 1.54) is 24.3 Å². The second-order valence-corrected chi connectivity index (χ2v) is 8.05. The van der Waals surface area contributed by atoms with E-state index in [1.54, 1.807) is 25.1 Å². The monoisotopic (exact) mass is 453 g/mol. The summed E-state index contributed by atoms with van der Waals surface area (Å²) in [6, 6.07) is 9.38. The average molecular weight is 453 g/mol. The quantitative estimate of drug-likeness (QED) is 0.281. The molecule has 0 fully saturated rings. The summed E-state index contributed by atoms with van der Waals surface area (Å²) >= 11 is 0. The average Bonchev–Trinajstić information content (AvgIpc) is 3.02. The van der Waals surface area contributed by atoms with Gasteiger partial charge in [0.15, 0.2) is 6.61 Å². The van der Waals surface area contributed by atoms with Crippen molar-refractivity contribution in [3.63, 3.8) is 0 Å². The highest BCUT2D eigenvalue weighted by Gasteiger charge is 2.43. The maximum atomic E-state index is 12.9. The molecule has 3 rings (SSSR count). The number of benzene rings is 2. The summed E-state index contributed by atoms with van der Waals surface area (Å²) in [5.41, 5.74) is 0.580. The highest BCUT2D eigenvalue weighted by atomic mass is 16.6. The van der Waals surface area contributed by atoms with Crippen molar-refractivity contribution < 1.29 is 28.8 Å². The van der Waals surface area contributed by atoms with Crippen LogP contribution >= 0.6 is 0 Å². The number of hydrogen-bond donors (Lipinski definition) is 1. The van der Waals surface area contributed by atoms with Gasteiger partial charge < -0.3 is 10.1 Å². The van der Waals surface area contributed by atoms with Crippen LogP contribution in [0.15, 0.2) is 42.5 Å². The van der Waals surface area contributed by atoms with Gasteiger partial charge in [0.1, 0.15) is 11.7 Å². The van der Waals surface area contributed by atoms with E-state index in [9.17, 15) is 29.3 Å². The van der Waals surface area contributed by atoms with E-state index >= 15 is 0 Å². The van der Waals surface area contributed by atoms with Gasteiger partial charge >= 0.3 is 5.97 Å². The topological polar surface area (TPSA) is 136 Å². The van der Waals surface area contributed by atoms with Crippen molar-refractivity contribution in [3.8, 4) is 0 Å². The lowest BCUT2D eigenvalue weighted by Gasteiger charge is -2.25. The number of anilines is 1. The standard InChI is InChI=1S/C23H23N3O7/c1-13(2)11-18(25-21(28)15-8-4-5-9-16(15)22(25)29)23(30)33-12-19(27)24-20-14(3)7-6-10-17(20)26(31)32/h4-10,13,18H,11-12H2,1-3H3,(H,24,27). The number of imide groups is 1. The van der Waals surface area contributed by atoms with Crippen molar-refractivity contribution in [1.82, 2.24) is 4.90 Å². The van der Waals surface area contributed by atoms with Crippen LogP contribution in [-0.4, -0.2) is 46.2 Å². The molecule has 2 aromatic rings. The van der Waals surface area contributed by atoms with Gasteiger partial charge in [-0.1, -0.05) is 38.1 Å². The third-order valence-corrected chi connectivity index (χ3v) is 5.16. The van der Waals surface area contributed by atoms with Gasteiger partial charge in [0.25, 0.3) is 23.4 Å². The Labute approximate surface area is 189 Å². The predicted octanol–water partition coefficient (Wildman–Crippen LogP) is 3.10. The summed E-state index contributed by atoms with van der Waals surface area (Å²) < 4.78 is 5.12. The van der Waals surface area contributed by atoms with Gasteiger partial charge in [-0.05, 0) is 37.0 Å². The number of carbonyl (C=O) groups excluding carboxylic acids is 4. The molecule has 0 saturated carbocycles. The number of rotatable bonds is 8. The molecule has 10 heteroatoms. The number of aryl methyl sites for hydroxylation is 1. The molecule has 0 radical (unpaired) electrons. The number of nitrogens with one attached hydrogen (secondary N) is 1. The van der Waals surface area contributed by atoms with E-state index in [0.717, 1.165) is 4.90 Å². The van der Waals surface area contributed by atoms with Gasteiger partial charge in [-0.15, -0.1) is 0 Å². The van der Waals surface area contributed by atoms with Gasteiger partial charge in [-0.25, -0.2) is 4.79 Å². The fourth-order valence-corrected chi connectivity index (χ4v) is 3.62. The van der Waals surface area contributed by atoms with Crippen LogP contribution in [0.1, 0.15) is 46.5 Å². The molecule has 2 aromatic carbocycles. The lowest BCUT2D eigenvalue weighted by atomic mass is 10.0. The van der Waals surface area contributed by atoms with Crippen molar-refractivity contribution in [2.24, 2.45) is 5.92 Å². The van der Waals surface area contributed by atoms with E-state index < -0.39 is 41.3 Å². The first kappa shape index (κ1) is 23.6. The Morgan fingerprint density at radius 1 is 1.06 bits per heavy atom. The van der Waals surface area contributed by atoms with Crippen LogP contribution in [0.2, 0.25) is 0 Å². The molecular formula is C23H23N3O7. The third-order valence-electron chi connectivity index (χ3n) is 5.16. The van der Waals surface area contributed by atoms with Gasteiger partial charge in [0, 0.05) is 6.07 Å². The molecule has 172 valence electrons. The first-order valence-electron chi connectivity index (χ1n) is 10.3. The summed E-state index contributed by atoms with van der Waals surface area (Å²) in [5.74, 6) is -2.95. The number of fused-ring (bicyclic) bond motifs is 1. The van der Waals surface area contributed by atoms with Gasteiger partial charge in [0.2, 0.25) is 0 Å². The van der Waals surface area contributed by atoms with Crippen LogP contribution in [0.3, 0.4) is 0 Å². The Balaban J connectivity index is 1.74. The molecule has 33 heavy (non-hydrogen) atoms. The Hall–Kier alpha value is -4.08. The molecule has 1 heterocycles. The molecule has 0 bridgehead atoms. The molecule has 1 aliphatic rings.